The second-order valence-electron chi connectivity index (χ2n) is 6.20. The molecule has 3 heteroatoms. The number of rotatable bonds is 3. The van der Waals surface area contributed by atoms with E-state index in [1.807, 2.05) is 0 Å². The van der Waals surface area contributed by atoms with E-state index >= 15 is 0 Å². The van der Waals surface area contributed by atoms with E-state index in [1.54, 1.807) is 0 Å². The minimum Gasteiger partial charge on any atom is -0.481 e. The maximum absolute atomic E-state index is 11.8. The first kappa shape index (κ1) is 13.9. The van der Waals surface area contributed by atoms with Crippen LogP contribution in [0, 0.1) is 5.41 Å². The fourth-order valence-corrected chi connectivity index (χ4v) is 3.56. The standard InChI is InChI=1S/C15H26O3/c1-12-7-8-13(18-12)11-15(14(16)17)9-5-3-2-4-6-10-15/h12-13H,2-11H2,1H3,(H,16,17). The Balaban J connectivity index is 2.02. The van der Waals surface area contributed by atoms with Crippen molar-refractivity contribution in [3.8, 4) is 0 Å². The van der Waals surface area contributed by atoms with Crippen LogP contribution in [0.25, 0.3) is 0 Å². The zero-order chi connectivity index (χ0) is 13.0. The quantitative estimate of drug-likeness (QED) is 0.834. The Morgan fingerprint density at radius 1 is 1.17 bits per heavy atom. The van der Waals surface area contributed by atoms with Crippen LogP contribution in [0.3, 0.4) is 0 Å². The van der Waals surface area contributed by atoms with E-state index < -0.39 is 11.4 Å². The molecular formula is C15H26O3. The third kappa shape index (κ3) is 3.25. The number of hydrogen-bond donors (Lipinski definition) is 1. The molecule has 2 unspecified atom stereocenters. The van der Waals surface area contributed by atoms with Crippen molar-refractivity contribution in [1.82, 2.24) is 0 Å². The van der Waals surface area contributed by atoms with Gasteiger partial charge in [-0.15, -0.1) is 0 Å². The van der Waals surface area contributed by atoms with E-state index in [0.29, 0.717) is 6.10 Å². The molecule has 0 aromatic rings. The lowest BCUT2D eigenvalue weighted by atomic mass is 9.72. The SMILES string of the molecule is CC1CCC(CC2(C(=O)O)CCCCCCC2)O1. The summed E-state index contributed by atoms with van der Waals surface area (Å²) >= 11 is 0. The highest BCUT2D eigenvalue weighted by Gasteiger charge is 2.41. The zero-order valence-corrected chi connectivity index (χ0v) is 11.5. The van der Waals surface area contributed by atoms with Gasteiger partial charge in [-0.25, -0.2) is 0 Å². The van der Waals surface area contributed by atoms with Crippen molar-refractivity contribution >= 4 is 5.97 Å². The smallest absolute Gasteiger partial charge is 0.309 e. The summed E-state index contributed by atoms with van der Waals surface area (Å²) in [6.07, 6.45) is 10.8. The van der Waals surface area contributed by atoms with Crippen molar-refractivity contribution < 1.29 is 14.6 Å². The second kappa shape index (κ2) is 6.05. The Hall–Kier alpha value is -0.570. The number of carboxylic acids is 1. The van der Waals surface area contributed by atoms with Crippen molar-refractivity contribution in [2.24, 2.45) is 5.41 Å². The highest BCUT2D eigenvalue weighted by atomic mass is 16.5. The molecule has 1 aliphatic carbocycles. The monoisotopic (exact) mass is 254 g/mol. The molecule has 1 heterocycles. The molecule has 2 fully saturated rings. The van der Waals surface area contributed by atoms with Crippen LogP contribution in [0.4, 0.5) is 0 Å². The molecule has 1 aliphatic heterocycles. The van der Waals surface area contributed by atoms with Gasteiger partial charge in [0.15, 0.2) is 0 Å². The minimum atomic E-state index is -0.590. The van der Waals surface area contributed by atoms with Crippen molar-refractivity contribution in [2.75, 3.05) is 0 Å². The summed E-state index contributed by atoms with van der Waals surface area (Å²) in [5, 5.41) is 9.68. The molecule has 1 N–H and O–H groups in total. The maximum atomic E-state index is 11.8. The van der Waals surface area contributed by atoms with E-state index in [1.165, 1.54) is 19.3 Å². The van der Waals surface area contributed by atoms with Crippen LogP contribution in [-0.2, 0) is 9.53 Å². The van der Waals surface area contributed by atoms with Crippen molar-refractivity contribution in [1.29, 1.82) is 0 Å². The molecule has 3 nitrogen and oxygen atoms in total. The average molecular weight is 254 g/mol. The Morgan fingerprint density at radius 3 is 2.28 bits per heavy atom. The lowest BCUT2D eigenvalue weighted by Crippen LogP contribution is -2.35. The van der Waals surface area contributed by atoms with E-state index in [9.17, 15) is 9.90 Å². The number of aliphatic carboxylic acids is 1. The van der Waals surface area contributed by atoms with Crippen LogP contribution in [-0.4, -0.2) is 23.3 Å². The normalized spacial score (nSPS) is 32.7. The molecule has 1 saturated heterocycles. The van der Waals surface area contributed by atoms with E-state index in [2.05, 4.69) is 6.92 Å². The molecular weight excluding hydrogens is 228 g/mol. The Morgan fingerprint density at radius 2 is 1.78 bits per heavy atom. The molecule has 0 bridgehead atoms. The second-order valence-corrected chi connectivity index (χ2v) is 6.20. The fraction of sp³-hybridized carbons (Fsp3) is 0.933. The zero-order valence-electron chi connectivity index (χ0n) is 11.5. The number of carbonyl (C=O) groups is 1. The highest BCUT2D eigenvalue weighted by molar-refractivity contribution is 5.74. The number of ether oxygens (including phenoxy) is 1. The molecule has 0 amide bonds. The summed E-state index contributed by atoms with van der Waals surface area (Å²) in [6, 6.07) is 0. The average Bonchev–Trinajstić information content (AvgIpc) is 2.67. The van der Waals surface area contributed by atoms with Gasteiger partial charge in [0.05, 0.1) is 17.6 Å². The van der Waals surface area contributed by atoms with Gasteiger partial charge in [0.25, 0.3) is 0 Å². The molecule has 2 atom stereocenters. The highest BCUT2D eigenvalue weighted by Crippen LogP contribution is 2.41. The van der Waals surface area contributed by atoms with Crippen LogP contribution in [0.2, 0.25) is 0 Å². The Kier molecular flexibility index (Phi) is 4.66. The van der Waals surface area contributed by atoms with Crippen LogP contribution in [0.1, 0.15) is 71.1 Å². The predicted octanol–water partition coefficient (Wildman–Crippen LogP) is 3.76. The third-order valence-electron chi connectivity index (χ3n) is 4.70. The van der Waals surface area contributed by atoms with Crippen molar-refractivity contribution in [2.45, 2.75) is 83.3 Å². The van der Waals surface area contributed by atoms with Gasteiger partial charge in [0, 0.05) is 0 Å². The Bertz CT molecular complexity index is 279. The minimum absolute atomic E-state index is 0.176. The van der Waals surface area contributed by atoms with Gasteiger partial charge in [-0.1, -0.05) is 32.1 Å². The molecule has 1 saturated carbocycles. The number of carboxylic acid groups (broad SMARTS) is 1. The summed E-state index contributed by atoms with van der Waals surface area (Å²) in [5.41, 5.74) is -0.505. The molecule has 104 valence electrons. The van der Waals surface area contributed by atoms with Crippen molar-refractivity contribution in [3.05, 3.63) is 0 Å². The summed E-state index contributed by atoms with van der Waals surface area (Å²) in [4.78, 5) is 11.8. The molecule has 2 rings (SSSR count). The molecule has 18 heavy (non-hydrogen) atoms. The fourth-order valence-electron chi connectivity index (χ4n) is 3.56. The lowest BCUT2D eigenvalue weighted by Gasteiger charge is -2.33. The van der Waals surface area contributed by atoms with Gasteiger partial charge >= 0.3 is 5.97 Å². The van der Waals surface area contributed by atoms with Crippen LogP contribution < -0.4 is 0 Å². The van der Waals surface area contributed by atoms with Gasteiger partial charge in [-0.2, -0.15) is 0 Å². The first-order chi connectivity index (χ1) is 8.62. The van der Waals surface area contributed by atoms with E-state index in [0.717, 1.165) is 44.9 Å². The molecule has 0 aromatic heterocycles. The third-order valence-corrected chi connectivity index (χ3v) is 4.70. The van der Waals surface area contributed by atoms with Crippen LogP contribution in [0.5, 0.6) is 0 Å². The van der Waals surface area contributed by atoms with Gasteiger partial charge in [-0.05, 0) is 39.0 Å². The largest absolute Gasteiger partial charge is 0.481 e. The van der Waals surface area contributed by atoms with Gasteiger partial charge in [-0.3, -0.25) is 4.79 Å². The molecule has 2 aliphatic rings. The van der Waals surface area contributed by atoms with E-state index in [4.69, 9.17) is 4.74 Å². The van der Waals surface area contributed by atoms with Crippen LogP contribution in [0.15, 0.2) is 0 Å². The summed E-state index contributed by atoms with van der Waals surface area (Å²) in [7, 11) is 0. The van der Waals surface area contributed by atoms with Crippen LogP contribution >= 0.6 is 0 Å². The van der Waals surface area contributed by atoms with Crippen molar-refractivity contribution in [3.63, 3.8) is 0 Å². The van der Waals surface area contributed by atoms with Gasteiger partial charge in [0.2, 0.25) is 0 Å². The summed E-state index contributed by atoms with van der Waals surface area (Å²) < 4.78 is 5.85. The first-order valence-corrected chi connectivity index (χ1v) is 7.51. The summed E-state index contributed by atoms with van der Waals surface area (Å²) in [6.45, 7) is 2.09. The Labute approximate surface area is 110 Å². The topological polar surface area (TPSA) is 46.5 Å². The van der Waals surface area contributed by atoms with E-state index in [-0.39, 0.29) is 6.10 Å². The number of hydrogen-bond acceptors (Lipinski definition) is 2. The predicted molar refractivity (Wildman–Crippen MR) is 70.6 cm³/mol. The summed E-state index contributed by atoms with van der Waals surface area (Å²) in [5.74, 6) is -0.590. The van der Waals surface area contributed by atoms with Gasteiger partial charge < -0.3 is 9.84 Å². The first-order valence-electron chi connectivity index (χ1n) is 7.51. The maximum Gasteiger partial charge on any atom is 0.309 e. The lowest BCUT2D eigenvalue weighted by molar-refractivity contribution is -0.153. The molecule has 0 spiro atoms. The molecule has 0 radical (unpaired) electrons. The molecule has 0 aromatic carbocycles. The van der Waals surface area contributed by atoms with Gasteiger partial charge in [0.1, 0.15) is 0 Å².